The molecule has 9 heteroatoms. The van der Waals surface area contributed by atoms with Crippen LogP contribution in [0.25, 0.3) is 0 Å². The van der Waals surface area contributed by atoms with Crippen LogP contribution in [0.4, 0.5) is 16.2 Å². The molecule has 0 fully saturated rings. The molecule has 1 aromatic rings. The van der Waals surface area contributed by atoms with E-state index in [0.717, 1.165) is 12.1 Å². The third kappa shape index (κ3) is 3.93. The SMILES string of the molecule is C=CCOC(=O)Nc1c(OC)cc(C(=O)O)cc1[N+](=O)[O-]. The first kappa shape index (κ1) is 16.0. The first-order valence-corrected chi connectivity index (χ1v) is 5.55. The Balaban J connectivity index is 3.27. The number of benzene rings is 1. The van der Waals surface area contributed by atoms with Gasteiger partial charge in [0.05, 0.1) is 17.6 Å². The molecule has 21 heavy (non-hydrogen) atoms. The van der Waals surface area contributed by atoms with Crippen LogP contribution in [0, 0.1) is 10.1 Å². The van der Waals surface area contributed by atoms with Crippen molar-refractivity contribution in [1.82, 2.24) is 0 Å². The maximum atomic E-state index is 11.5. The summed E-state index contributed by atoms with van der Waals surface area (Å²) >= 11 is 0. The average molecular weight is 296 g/mol. The number of carbonyl (C=O) groups is 2. The van der Waals surface area contributed by atoms with Crippen LogP contribution in [0.1, 0.15) is 10.4 Å². The average Bonchev–Trinajstić information content (AvgIpc) is 2.44. The zero-order valence-corrected chi connectivity index (χ0v) is 11.0. The zero-order chi connectivity index (χ0) is 16.0. The lowest BCUT2D eigenvalue weighted by Crippen LogP contribution is -2.16. The van der Waals surface area contributed by atoms with Crippen LogP contribution >= 0.6 is 0 Å². The van der Waals surface area contributed by atoms with Gasteiger partial charge in [-0.2, -0.15) is 0 Å². The second-order valence-electron chi connectivity index (χ2n) is 3.65. The van der Waals surface area contributed by atoms with Crippen molar-refractivity contribution in [2.75, 3.05) is 19.0 Å². The number of rotatable bonds is 6. The van der Waals surface area contributed by atoms with Gasteiger partial charge < -0.3 is 14.6 Å². The van der Waals surface area contributed by atoms with Crippen molar-refractivity contribution in [2.24, 2.45) is 0 Å². The molecule has 1 amide bonds. The molecular formula is C12H12N2O7. The van der Waals surface area contributed by atoms with Gasteiger partial charge in [-0.05, 0) is 6.07 Å². The number of nitro groups is 1. The van der Waals surface area contributed by atoms with Gasteiger partial charge in [0.25, 0.3) is 5.69 Å². The van der Waals surface area contributed by atoms with E-state index in [9.17, 15) is 19.7 Å². The van der Waals surface area contributed by atoms with Crippen molar-refractivity contribution in [2.45, 2.75) is 0 Å². The Kier molecular flexibility index (Phi) is 5.24. The number of anilines is 1. The molecule has 0 aliphatic heterocycles. The van der Waals surface area contributed by atoms with E-state index in [1.165, 1.54) is 13.2 Å². The lowest BCUT2D eigenvalue weighted by molar-refractivity contribution is -0.384. The molecule has 1 aromatic carbocycles. The highest BCUT2D eigenvalue weighted by Gasteiger charge is 2.24. The summed E-state index contributed by atoms with van der Waals surface area (Å²) in [5.41, 5.74) is -1.26. The molecule has 1 rings (SSSR count). The Morgan fingerprint density at radius 1 is 1.52 bits per heavy atom. The second-order valence-corrected chi connectivity index (χ2v) is 3.65. The van der Waals surface area contributed by atoms with Gasteiger partial charge in [-0.25, -0.2) is 9.59 Å². The molecule has 9 nitrogen and oxygen atoms in total. The summed E-state index contributed by atoms with van der Waals surface area (Å²) in [6.07, 6.45) is 0.359. The van der Waals surface area contributed by atoms with Crippen molar-refractivity contribution < 1.29 is 29.1 Å². The molecule has 0 heterocycles. The van der Waals surface area contributed by atoms with E-state index in [0.29, 0.717) is 0 Å². The number of methoxy groups -OCH3 is 1. The Bertz CT molecular complexity index is 598. The van der Waals surface area contributed by atoms with Crippen LogP contribution in [-0.4, -0.2) is 35.8 Å². The number of amides is 1. The zero-order valence-electron chi connectivity index (χ0n) is 11.0. The molecule has 112 valence electrons. The Labute approximate surface area is 118 Å². The van der Waals surface area contributed by atoms with Crippen LogP contribution in [-0.2, 0) is 4.74 Å². The van der Waals surface area contributed by atoms with E-state index >= 15 is 0 Å². The lowest BCUT2D eigenvalue weighted by atomic mass is 10.1. The van der Waals surface area contributed by atoms with Crippen molar-refractivity contribution in [3.63, 3.8) is 0 Å². The molecule has 2 N–H and O–H groups in total. The maximum Gasteiger partial charge on any atom is 0.412 e. The minimum atomic E-state index is -1.36. The van der Waals surface area contributed by atoms with Crippen LogP contribution in [0.15, 0.2) is 24.8 Å². The molecular weight excluding hydrogens is 284 g/mol. The smallest absolute Gasteiger partial charge is 0.412 e. The maximum absolute atomic E-state index is 11.5. The second kappa shape index (κ2) is 6.89. The number of carbonyl (C=O) groups excluding carboxylic acids is 1. The van der Waals surface area contributed by atoms with Crippen LogP contribution < -0.4 is 10.1 Å². The van der Waals surface area contributed by atoms with E-state index in [1.54, 1.807) is 0 Å². The molecule has 0 aromatic heterocycles. The van der Waals surface area contributed by atoms with Gasteiger partial charge in [0.15, 0.2) is 5.69 Å². The number of carboxylic acids is 1. The summed E-state index contributed by atoms with van der Waals surface area (Å²) in [7, 11) is 1.19. The number of hydrogen-bond acceptors (Lipinski definition) is 6. The predicted octanol–water partition coefficient (Wildman–Crippen LogP) is 2.04. The summed E-state index contributed by atoms with van der Waals surface area (Å²) in [6, 6.07) is 1.87. The third-order valence-electron chi connectivity index (χ3n) is 2.30. The number of hydrogen-bond donors (Lipinski definition) is 2. The standard InChI is InChI=1S/C12H12N2O7/c1-3-4-21-12(17)13-10-8(14(18)19)5-7(11(15)16)6-9(10)20-2/h3,5-6H,1,4H2,2H3,(H,13,17)(H,15,16). The Morgan fingerprint density at radius 2 is 2.19 bits per heavy atom. The van der Waals surface area contributed by atoms with E-state index in [4.69, 9.17) is 9.84 Å². The summed E-state index contributed by atoms with van der Waals surface area (Å²) < 4.78 is 9.52. The van der Waals surface area contributed by atoms with Gasteiger partial charge in [0.2, 0.25) is 0 Å². The number of aromatic carboxylic acids is 1. The largest absolute Gasteiger partial charge is 0.494 e. The monoisotopic (exact) mass is 296 g/mol. The Morgan fingerprint density at radius 3 is 2.67 bits per heavy atom. The number of carboxylic acid groups (broad SMARTS) is 1. The van der Waals surface area contributed by atoms with Crippen LogP contribution in [0.5, 0.6) is 5.75 Å². The molecule has 0 spiro atoms. The van der Waals surface area contributed by atoms with Crippen LogP contribution in [0.3, 0.4) is 0 Å². The fraction of sp³-hybridized carbons (Fsp3) is 0.167. The summed E-state index contributed by atoms with van der Waals surface area (Å²) in [6.45, 7) is 3.26. The Hall–Kier alpha value is -3.10. The highest BCUT2D eigenvalue weighted by molar-refractivity contribution is 5.95. The van der Waals surface area contributed by atoms with Crippen molar-refractivity contribution in [3.8, 4) is 5.75 Å². The van der Waals surface area contributed by atoms with Gasteiger partial charge in [0, 0.05) is 6.07 Å². The summed E-state index contributed by atoms with van der Waals surface area (Å²) in [5.74, 6) is -1.53. The lowest BCUT2D eigenvalue weighted by Gasteiger charge is -2.11. The van der Waals surface area contributed by atoms with E-state index in [2.05, 4.69) is 16.6 Å². The fourth-order valence-corrected chi connectivity index (χ4v) is 1.43. The molecule has 0 radical (unpaired) electrons. The van der Waals surface area contributed by atoms with Crippen molar-refractivity contribution in [1.29, 1.82) is 0 Å². The van der Waals surface area contributed by atoms with Gasteiger partial charge in [-0.15, -0.1) is 0 Å². The van der Waals surface area contributed by atoms with Gasteiger partial charge in [-0.1, -0.05) is 12.7 Å². The number of nitro benzene ring substituents is 1. The van der Waals surface area contributed by atoms with Crippen molar-refractivity contribution >= 4 is 23.4 Å². The first-order valence-electron chi connectivity index (χ1n) is 5.55. The summed E-state index contributed by atoms with van der Waals surface area (Å²) in [5, 5.41) is 22.1. The van der Waals surface area contributed by atoms with Crippen molar-refractivity contribution in [3.05, 3.63) is 40.5 Å². The highest BCUT2D eigenvalue weighted by atomic mass is 16.6. The van der Waals surface area contributed by atoms with Gasteiger partial charge >= 0.3 is 12.1 Å². The number of nitrogens with zero attached hydrogens (tertiary/aromatic N) is 1. The molecule has 0 saturated carbocycles. The minimum absolute atomic E-state index is 0.0881. The van der Waals surface area contributed by atoms with Gasteiger partial charge in [-0.3, -0.25) is 15.4 Å². The van der Waals surface area contributed by atoms with E-state index in [1.807, 2.05) is 0 Å². The van der Waals surface area contributed by atoms with Gasteiger partial charge in [0.1, 0.15) is 12.4 Å². The molecule has 0 aliphatic rings. The topological polar surface area (TPSA) is 128 Å². The van der Waals surface area contributed by atoms with Crippen LogP contribution in [0.2, 0.25) is 0 Å². The summed E-state index contributed by atoms with van der Waals surface area (Å²) in [4.78, 5) is 32.5. The molecule has 0 saturated heterocycles. The van der Waals surface area contributed by atoms with E-state index < -0.39 is 22.7 Å². The number of nitrogens with one attached hydrogen (secondary N) is 1. The normalized spacial score (nSPS) is 9.57. The number of ether oxygens (including phenoxy) is 2. The minimum Gasteiger partial charge on any atom is -0.494 e. The predicted molar refractivity (Wildman–Crippen MR) is 71.8 cm³/mol. The fourth-order valence-electron chi connectivity index (χ4n) is 1.43. The van der Waals surface area contributed by atoms with E-state index in [-0.39, 0.29) is 23.6 Å². The highest BCUT2D eigenvalue weighted by Crippen LogP contribution is 2.36. The quantitative estimate of drug-likeness (QED) is 0.467. The third-order valence-corrected chi connectivity index (χ3v) is 2.30. The molecule has 0 aliphatic carbocycles. The molecule has 0 unspecified atom stereocenters. The molecule has 0 bridgehead atoms. The molecule has 0 atom stereocenters. The first-order chi connectivity index (χ1) is 9.90.